The van der Waals surface area contributed by atoms with Crippen LogP contribution in [0.1, 0.15) is 0 Å². The summed E-state index contributed by atoms with van der Waals surface area (Å²) in [5.41, 5.74) is 0.669. The summed E-state index contributed by atoms with van der Waals surface area (Å²) in [4.78, 5) is 11.4. The Morgan fingerprint density at radius 2 is 1.71 bits per heavy atom. The molecule has 0 amide bonds. The zero-order valence-electron chi connectivity index (χ0n) is 10.5. The number of para-hydroxylation sites is 1. The van der Waals surface area contributed by atoms with E-state index in [1.54, 1.807) is 12.1 Å². The van der Waals surface area contributed by atoms with Crippen LogP contribution in [0, 0.1) is 0 Å². The van der Waals surface area contributed by atoms with Gasteiger partial charge in [-0.2, -0.15) is 15.0 Å². The number of hydrogen-bond donors (Lipinski definition) is 1. The van der Waals surface area contributed by atoms with Gasteiger partial charge in [0.1, 0.15) is 0 Å². The molecule has 1 aromatic heterocycles. The van der Waals surface area contributed by atoms with Gasteiger partial charge in [0.05, 0.1) is 10.7 Å². The number of nitrogens with zero attached hydrogens (tertiary/aromatic N) is 3. The maximum absolute atomic E-state index is 5.95. The predicted octanol–water partition coefficient (Wildman–Crippen LogP) is 5.47. The van der Waals surface area contributed by atoms with Crippen LogP contribution in [0.5, 0.6) is 0 Å². The summed E-state index contributed by atoms with van der Waals surface area (Å²) in [5.74, 6) is 1.45. The SMILES string of the molecule is C1=CSSC1.Clc1nc(Cl)nc(Nc2ccccc2Cl)n1. The Hall–Kier alpha value is -0.660. The van der Waals surface area contributed by atoms with Crippen molar-refractivity contribution in [1.82, 2.24) is 15.0 Å². The highest BCUT2D eigenvalue weighted by atomic mass is 35.5. The minimum absolute atomic E-state index is 0.0227. The maximum Gasteiger partial charge on any atom is 0.232 e. The van der Waals surface area contributed by atoms with E-state index in [4.69, 9.17) is 34.8 Å². The Morgan fingerprint density at radius 1 is 1.00 bits per heavy atom. The van der Waals surface area contributed by atoms with Gasteiger partial charge >= 0.3 is 0 Å². The molecule has 0 saturated heterocycles. The molecule has 0 fully saturated rings. The highest BCUT2D eigenvalue weighted by Crippen LogP contribution is 2.27. The minimum Gasteiger partial charge on any atom is -0.323 e. The second-order valence-corrected chi connectivity index (χ2v) is 6.96. The smallest absolute Gasteiger partial charge is 0.232 e. The zero-order chi connectivity index (χ0) is 15.1. The van der Waals surface area contributed by atoms with Gasteiger partial charge in [-0.15, -0.1) is 0 Å². The van der Waals surface area contributed by atoms with Crippen LogP contribution in [-0.2, 0) is 0 Å². The largest absolute Gasteiger partial charge is 0.323 e. The molecule has 21 heavy (non-hydrogen) atoms. The van der Waals surface area contributed by atoms with Crippen molar-refractivity contribution < 1.29 is 0 Å². The lowest BCUT2D eigenvalue weighted by molar-refractivity contribution is 1.05. The molecule has 3 rings (SSSR count). The van der Waals surface area contributed by atoms with Crippen LogP contribution >= 0.6 is 56.4 Å². The van der Waals surface area contributed by atoms with Crippen LogP contribution in [0.3, 0.4) is 0 Å². The molecule has 110 valence electrons. The van der Waals surface area contributed by atoms with Gasteiger partial charge in [-0.1, -0.05) is 51.4 Å². The fourth-order valence-corrected chi connectivity index (χ4v) is 3.38. The Balaban J connectivity index is 0.000000272. The number of hydrogen-bond acceptors (Lipinski definition) is 6. The first kappa shape index (κ1) is 16.7. The van der Waals surface area contributed by atoms with Crippen LogP contribution < -0.4 is 5.32 Å². The van der Waals surface area contributed by atoms with Gasteiger partial charge in [-0.25, -0.2) is 0 Å². The Labute approximate surface area is 145 Å². The van der Waals surface area contributed by atoms with E-state index in [0.29, 0.717) is 10.7 Å². The van der Waals surface area contributed by atoms with E-state index < -0.39 is 0 Å². The van der Waals surface area contributed by atoms with Gasteiger partial charge in [0.25, 0.3) is 0 Å². The van der Waals surface area contributed by atoms with E-state index >= 15 is 0 Å². The Morgan fingerprint density at radius 3 is 2.24 bits per heavy atom. The zero-order valence-corrected chi connectivity index (χ0v) is 14.4. The topological polar surface area (TPSA) is 50.7 Å². The first-order valence-corrected chi connectivity index (χ1v) is 9.18. The molecule has 0 saturated carbocycles. The fourth-order valence-electron chi connectivity index (χ4n) is 1.26. The van der Waals surface area contributed by atoms with Gasteiger partial charge < -0.3 is 5.32 Å². The molecule has 0 atom stereocenters. The normalized spacial score (nSPS) is 12.7. The second kappa shape index (κ2) is 8.70. The molecule has 1 aromatic carbocycles. The molecule has 0 bridgehead atoms. The molecule has 0 unspecified atom stereocenters. The average Bonchev–Trinajstić information content (AvgIpc) is 2.99. The van der Waals surface area contributed by atoms with Gasteiger partial charge in [-0.3, -0.25) is 0 Å². The van der Waals surface area contributed by atoms with Crippen LogP contribution in [0.15, 0.2) is 35.7 Å². The molecule has 2 heterocycles. The Bertz CT molecular complexity index is 613. The van der Waals surface area contributed by atoms with Crippen LogP contribution in [-0.4, -0.2) is 20.7 Å². The van der Waals surface area contributed by atoms with Crippen molar-refractivity contribution in [2.45, 2.75) is 0 Å². The van der Waals surface area contributed by atoms with Gasteiger partial charge in [0.2, 0.25) is 16.5 Å². The van der Waals surface area contributed by atoms with Gasteiger partial charge in [0, 0.05) is 5.75 Å². The number of benzene rings is 1. The first-order valence-electron chi connectivity index (χ1n) is 5.67. The first-order chi connectivity index (χ1) is 10.1. The van der Waals surface area contributed by atoms with Crippen molar-refractivity contribution in [3.8, 4) is 0 Å². The lowest BCUT2D eigenvalue weighted by Gasteiger charge is -2.06. The van der Waals surface area contributed by atoms with Crippen molar-refractivity contribution in [3.63, 3.8) is 0 Å². The molecule has 0 radical (unpaired) electrons. The molecule has 2 aromatic rings. The summed E-state index contributed by atoms with van der Waals surface area (Å²) in [6, 6.07) is 7.18. The Kier molecular flexibility index (Phi) is 6.92. The number of halogens is 3. The highest BCUT2D eigenvalue weighted by molar-refractivity contribution is 8.78. The molecular formula is C12H9Cl3N4S2. The lowest BCUT2D eigenvalue weighted by atomic mass is 10.3. The predicted molar refractivity (Wildman–Crippen MR) is 93.8 cm³/mol. The quantitative estimate of drug-likeness (QED) is 0.698. The van der Waals surface area contributed by atoms with Crippen molar-refractivity contribution in [3.05, 3.63) is 51.3 Å². The summed E-state index contributed by atoms with van der Waals surface area (Å²) in [5, 5.41) is 5.60. The third-order valence-electron chi connectivity index (χ3n) is 2.09. The van der Waals surface area contributed by atoms with Crippen molar-refractivity contribution >= 4 is 68.0 Å². The third kappa shape index (κ3) is 5.92. The highest BCUT2D eigenvalue weighted by Gasteiger charge is 2.05. The minimum atomic E-state index is 0.0227. The van der Waals surface area contributed by atoms with Crippen LogP contribution in [0.4, 0.5) is 11.6 Å². The molecule has 0 aliphatic carbocycles. The summed E-state index contributed by atoms with van der Waals surface area (Å²) >= 11 is 17.2. The van der Waals surface area contributed by atoms with Crippen LogP contribution in [0.2, 0.25) is 15.6 Å². The van der Waals surface area contributed by atoms with E-state index in [9.17, 15) is 0 Å². The van der Waals surface area contributed by atoms with Gasteiger partial charge in [0.15, 0.2) is 0 Å². The number of rotatable bonds is 2. The van der Waals surface area contributed by atoms with E-state index in [1.165, 1.54) is 5.75 Å². The molecule has 9 heteroatoms. The summed E-state index contributed by atoms with van der Waals surface area (Å²) in [7, 11) is 3.69. The van der Waals surface area contributed by atoms with E-state index in [-0.39, 0.29) is 16.5 Å². The molecule has 1 aliphatic heterocycles. The van der Waals surface area contributed by atoms with Crippen molar-refractivity contribution in [1.29, 1.82) is 0 Å². The van der Waals surface area contributed by atoms with E-state index in [2.05, 4.69) is 31.8 Å². The lowest BCUT2D eigenvalue weighted by Crippen LogP contribution is -1.99. The number of aromatic nitrogens is 3. The summed E-state index contributed by atoms with van der Waals surface area (Å²) in [6.07, 6.45) is 2.16. The molecular weight excluding hydrogens is 371 g/mol. The monoisotopic (exact) mass is 378 g/mol. The number of anilines is 2. The molecule has 4 nitrogen and oxygen atoms in total. The average molecular weight is 380 g/mol. The summed E-state index contributed by atoms with van der Waals surface area (Å²) in [6.45, 7) is 0. The molecule has 1 aliphatic rings. The van der Waals surface area contributed by atoms with Crippen molar-refractivity contribution in [2.24, 2.45) is 0 Å². The fraction of sp³-hybridized carbons (Fsp3) is 0.0833. The van der Waals surface area contributed by atoms with E-state index in [1.807, 2.05) is 33.7 Å². The van der Waals surface area contributed by atoms with Crippen LogP contribution in [0.25, 0.3) is 0 Å². The van der Waals surface area contributed by atoms with Gasteiger partial charge in [-0.05, 0) is 40.7 Å². The van der Waals surface area contributed by atoms with E-state index in [0.717, 1.165) is 0 Å². The van der Waals surface area contributed by atoms with Crippen molar-refractivity contribution in [2.75, 3.05) is 11.1 Å². The number of nitrogens with one attached hydrogen (secondary N) is 1. The summed E-state index contributed by atoms with van der Waals surface area (Å²) < 4.78 is 0. The molecule has 1 N–H and O–H groups in total. The second-order valence-electron chi connectivity index (χ2n) is 3.55. The maximum atomic E-state index is 5.95. The third-order valence-corrected chi connectivity index (χ3v) is 4.67. The standard InChI is InChI=1S/C9H5Cl3N4.C3H4S2/c10-5-3-1-2-4-6(5)13-9-15-7(11)14-8(12)16-9;1-2-4-5-3-1/h1-4H,(H,13,14,15,16);1-2H,3H2. The molecule has 0 spiro atoms.